The molecule has 0 bridgehead atoms. The summed E-state index contributed by atoms with van der Waals surface area (Å²) in [5, 5.41) is 3.09. The highest BCUT2D eigenvalue weighted by atomic mass is 19.1. The van der Waals surface area contributed by atoms with Crippen molar-refractivity contribution in [3.05, 3.63) is 18.2 Å². The molecular weight excluding hydrogens is 235 g/mol. The molecule has 6 heteroatoms. The Morgan fingerprint density at radius 1 is 1.28 bits per heavy atom. The van der Waals surface area contributed by atoms with E-state index in [1.165, 1.54) is 0 Å². The fourth-order valence-electron chi connectivity index (χ4n) is 2.37. The molecule has 1 aromatic heterocycles. The number of nitrogens with one attached hydrogen (secondary N) is 1. The number of nitrogens with zero attached hydrogens (tertiary/aromatic N) is 2. The first-order valence-electron chi connectivity index (χ1n) is 6.20. The molecule has 3 N–H and O–H groups in total. The van der Waals surface area contributed by atoms with Crippen LogP contribution in [0.2, 0.25) is 0 Å². The van der Waals surface area contributed by atoms with E-state index in [2.05, 4.69) is 15.3 Å². The lowest BCUT2D eigenvalue weighted by Crippen LogP contribution is -2.38. The van der Waals surface area contributed by atoms with Crippen LogP contribution in [0, 0.1) is 11.7 Å². The lowest BCUT2D eigenvalue weighted by molar-refractivity contribution is -0.122. The monoisotopic (exact) mass is 252 g/mol. The molecule has 1 aliphatic carbocycles. The van der Waals surface area contributed by atoms with Gasteiger partial charge in [-0.1, -0.05) is 19.3 Å². The largest absolute Gasteiger partial charge is 0.369 e. The number of amides is 1. The predicted octanol–water partition coefficient (Wildman–Crippen LogP) is 1.46. The highest BCUT2D eigenvalue weighted by Gasteiger charge is 2.28. The molecule has 1 fully saturated rings. The van der Waals surface area contributed by atoms with Crippen molar-refractivity contribution in [2.24, 2.45) is 11.7 Å². The van der Waals surface area contributed by atoms with E-state index in [9.17, 15) is 9.18 Å². The summed E-state index contributed by atoms with van der Waals surface area (Å²) in [5.74, 6) is -0.639. The topological polar surface area (TPSA) is 80.9 Å². The van der Waals surface area contributed by atoms with Crippen LogP contribution in [0.4, 0.5) is 10.3 Å². The van der Waals surface area contributed by atoms with E-state index >= 15 is 0 Å². The molecule has 2 unspecified atom stereocenters. The normalized spacial score (nSPS) is 24.3. The van der Waals surface area contributed by atoms with Gasteiger partial charge >= 0.3 is 0 Å². The van der Waals surface area contributed by atoms with Crippen LogP contribution in [0.25, 0.3) is 0 Å². The lowest BCUT2D eigenvalue weighted by Gasteiger charge is -2.23. The number of carbonyl (C=O) groups excluding carboxylic acids is 1. The summed E-state index contributed by atoms with van der Waals surface area (Å²) in [6.45, 7) is 0. The average Bonchev–Trinajstić information content (AvgIpc) is 2.57. The molecule has 0 spiro atoms. The molecule has 1 aliphatic rings. The van der Waals surface area contributed by atoms with Crippen LogP contribution in [0.15, 0.2) is 12.4 Å². The van der Waals surface area contributed by atoms with Gasteiger partial charge in [0.05, 0.1) is 18.3 Å². The maximum absolute atomic E-state index is 12.7. The van der Waals surface area contributed by atoms with Gasteiger partial charge in [0.25, 0.3) is 0 Å². The summed E-state index contributed by atoms with van der Waals surface area (Å²) < 4.78 is 12.7. The van der Waals surface area contributed by atoms with Crippen LogP contribution in [-0.4, -0.2) is 21.9 Å². The van der Waals surface area contributed by atoms with E-state index in [1.54, 1.807) is 0 Å². The molecule has 0 radical (unpaired) electrons. The van der Waals surface area contributed by atoms with E-state index in [1.807, 2.05) is 0 Å². The predicted molar refractivity (Wildman–Crippen MR) is 65.2 cm³/mol. The highest BCUT2D eigenvalue weighted by Crippen LogP contribution is 2.25. The Morgan fingerprint density at radius 2 is 1.94 bits per heavy atom. The molecule has 98 valence electrons. The van der Waals surface area contributed by atoms with Crippen molar-refractivity contribution in [1.29, 1.82) is 0 Å². The molecule has 0 aliphatic heterocycles. The SMILES string of the molecule is NC(=O)C1CCCCCC1Nc1ncc(F)cn1. The number of anilines is 1. The minimum atomic E-state index is -0.479. The zero-order valence-electron chi connectivity index (χ0n) is 10.1. The summed E-state index contributed by atoms with van der Waals surface area (Å²) in [6, 6.07) is -0.0598. The average molecular weight is 252 g/mol. The fourth-order valence-corrected chi connectivity index (χ4v) is 2.37. The Kier molecular flexibility index (Phi) is 4.07. The summed E-state index contributed by atoms with van der Waals surface area (Å²) in [5.41, 5.74) is 5.43. The molecule has 1 heterocycles. The van der Waals surface area contributed by atoms with Crippen molar-refractivity contribution in [2.75, 3.05) is 5.32 Å². The Balaban J connectivity index is 2.08. The van der Waals surface area contributed by atoms with Crippen LogP contribution < -0.4 is 11.1 Å². The number of rotatable bonds is 3. The van der Waals surface area contributed by atoms with E-state index in [0.29, 0.717) is 5.95 Å². The third-order valence-electron chi connectivity index (χ3n) is 3.32. The van der Waals surface area contributed by atoms with Gasteiger partial charge in [-0.05, 0) is 12.8 Å². The molecule has 5 nitrogen and oxygen atoms in total. The number of aromatic nitrogens is 2. The van der Waals surface area contributed by atoms with Gasteiger partial charge in [-0.3, -0.25) is 4.79 Å². The summed E-state index contributed by atoms with van der Waals surface area (Å²) in [6.07, 6.45) is 7.00. The number of primary amides is 1. The third kappa shape index (κ3) is 3.15. The molecule has 1 amide bonds. The van der Waals surface area contributed by atoms with Crippen molar-refractivity contribution < 1.29 is 9.18 Å². The van der Waals surface area contributed by atoms with Crippen LogP contribution in [0.1, 0.15) is 32.1 Å². The standard InChI is InChI=1S/C12H17FN4O/c13-8-6-15-12(16-7-8)17-10-5-3-1-2-4-9(10)11(14)18/h6-7,9-10H,1-5H2,(H2,14,18)(H,15,16,17). The second-order valence-electron chi connectivity index (χ2n) is 4.62. The Morgan fingerprint density at radius 3 is 2.61 bits per heavy atom. The van der Waals surface area contributed by atoms with Crippen LogP contribution in [0.5, 0.6) is 0 Å². The number of nitrogens with two attached hydrogens (primary N) is 1. The number of halogens is 1. The van der Waals surface area contributed by atoms with Gasteiger partial charge in [0.2, 0.25) is 11.9 Å². The number of carbonyl (C=O) groups is 1. The molecule has 1 aromatic rings. The summed E-state index contributed by atoms with van der Waals surface area (Å²) >= 11 is 0. The maximum atomic E-state index is 12.7. The van der Waals surface area contributed by atoms with E-state index < -0.39 is 5.82 Å². The van der Waals surface area contributed by atoms with Gasteiger partial charge in [-0.25, -0.2) is 14.4 Å². The Labute approximate surface area is 105 Å². The quantitative estimate of drug-likeness (QED) is 0.798. The van der Waals surface area contributed by atoms with Gasteiger partial charge in [-0.15, -0.1) is 0 Å². The highest BCUT2D eigenvalue weighted by molar-refractivity contribution is 5.77. The smallest absolute Gasteiger partial charge is 0.223 e. The zero-order chi connectivity index (χ0) is 13.0. The lowest BCUT2D eigenvalue weighted by atomic mass is 9.94. The fraction of sp³-hybridized carbons (Fsp3) is 0.583. The van der Waals surface area contributed by atoms with Crippen molar-refractivity contribution in [1.82, 2.24) is 9.97 Å². The van der Waals surface area contributed by atoms with Gasteiger partial charge in [0.15, 0.2) is 5.82 Å². The van der Waals surface area contributed by atoms with Gasteiger partial charge in [0, 0.05) is 6.04 Å². The third-order valence-corrected chi connectivity index (χ3v) is 3.32. The summed E-state index contributed by atoms with van der Waals surface area (Å²) in [7, 11) is 0. The van der Waals surface area contributed by atoms with Crippen molar-refractivity contribution >= 4 is 11.9 Å². The first kappa shape index (κ1) is 12.7. The van der Waals surface area contributed by atoms with Gasteiger partial charge < -0.3 is 11.1 Å². The van der Waals surface area contributed by atoms with Crippen LogP contribution >= 0.6 is 0 Å². The minimum Gasteiger partial charge on any atom is -0.369 e. The first-order chi connectivity index (χ1) is 8.66. The van der Waals surface area contributed by atoms with Crippen molar-refractivity contribution in [3.63, 3.8) is 0 Å². The van der Waals surface area contributed by atoms with Gasteiger partial charge in [-0.2, -0.15) is 0 Å². The Bertz CT molecular complexity index is 409. The number of hydrogen-bond donors (Lipinski definition) is 2. The second-order valence-corrected chi connectivity index (χ2v) is 4.62. The molecule has 2 atom stereocenters. The molecule has 0 aromatic carbocycles. The molecule has 1 saturated carbocycles. The van der Waals surface area contributed by atoms with Crippen molar-refractivity contribution in [3.8, 4) is 0 Å². The van der Waals surface area contributed by atoms with E-state index in [4.69, 9.17) is 5.73 Å². The first-order valence-corrected chi connectivity index (χ1v) is 6.20. The molecular formula is C12H17FN4O. The zero-order valence-corrected chi connectivity index (χ0v) is 10.1. The van der Waals surface area contributed by atoms with Crippen molar-refractivity contribution in [2.45, 2.75) is 38.1 Å². The summed E-state index contributed by atoms with van der Waals surface area (Å²) in [4.78, 5) is 19.1. The van der Waals surface area contributed by atoms with Gasteiger partial charge in [0.1, 0.15) is 0 Å². The van der Waals surface area contributed by atoms with E-state index in [-0.39, 0.29) is 17.9 Å². The number of hydrogen-bond acceptors (Lipinski definition) is 4. The van der Waals surface area contributed by atoms with Crippen LogP contribution in [0.3, 0.4) is 0 Å². The molecule has 2 rings (SSSR count). The van der Waals surface area contributed by atoms with E-state index in [0.717, 1.165) is 44.5 Å². The molecule has 0 saturated heterocycles. The minimum absolute atomic E-state index is 0.0598. The second kappa shape index (κ2) is 5.75. The molecule has 18 heavy (non-hydrogen) atoms. The maximum Gasteiger partial charge on any atom is 0.223 e. The Hall–Kier alpha value is -1.72. The van der Waals surface area contributed by atoms with Crippen LogP contribution in [-0.2, 0) is 4.79 Å².